The van der Waals surface area contributed by atoms with Crippen molar-refractivity contribution in [1.82, 2.24) is 9.88 Å². The van der Waals surface area contributed by atoms with Gasteiger partial charge in [0.15, 0.2) is 0 Å². The van der Waals surface area contributed by atoms with E-state index in [9.17, 15) is 18.8 Å². The average molecular weight is 431 g/mol. The number of hydrogen-bond donors (Lipinski definition) is 1. The largest absolute Gasteiger partial charge is 0.335 e. The molecule has 0 bridgehead atoms. The molecular weight excluding hydrogens is 409 g/mol. The van der Waals surface area contributed by atoms with Gasteiger partial charge in [-0.25, -0.2) is 14.1 Å². The summed E-state index contributed by atoms with van der Waals surface area (Å²) in [6, 6.07) is 12.6. The Kier molecular flexibility index (Phi) is 5.26. The number of carbonyl (C=O) groups excluding carboxylic acids is 3. The second-order valence-electron chi connectivity index (χ2n) is 7.84. The van der Waals surface area contributed by atoms with Gasteiger partial charge in [-0.15, -0.1) is 0 Å². The maximum atomic E-state index is 14.4. The number of amides is 4. The average Bonchev–Trinajstić information content (AvgIpc) is 3.01. The van der Waals surface area contributed by atoms with E-state index in [2.05, 4.69) is 5.32 Å². The molecule has 0 aliphatic carbocycles. The number of rotatable bonds is 3. The third kappa shape index (κ3) is 3.51. The number of hydrogen-bond acceptors (Lipinski definition) is 3. The highest BCUT2D eigenvalue weighted by Gasteiger charge is 2.37. The zero-order valence-electron chi connectivity index (χ0n) is 18.2. The van der Waals surface area contributed by atoms with Crippen molar-refractivity contribution >= 4 is 29.6 Å². The highest BCUT2D eigenvalue weighted by molar-refractivity contribution is 6.39. The molecule has 3 aromatic rings. The van der Waals surface area contributed by atoms with Crippen LogP contribution in [0, 0.1) is 33.5 Å². The first kappa shape index (κ1) is 21.2. The van der Waals surface area contributed by atoms with E-state index < -0.39 is 17.8 Å². The molecule has 1 aliphatic heterocycles. The summed E-state index contributed by atoms with van der Waals surface area (Å²) < 4.78 is 16.1. The van der Waals surface area contributed by atoms with Gasteiger partial charge in [-0.05, 0) is 80.8 Å². The SMILES string of the molecule is Cc1ccc(N2C(=O)NC(=O)/C(=C\c3cc(C)n(-c4ccccc4F)c3C)C2=O)cc1C. The summed E-state index contributed by atoms with van der Waals surface area (Å²) in [6.07, 6.45) is 1.44. The summed E-state index contributed by atoms with van der Waals surface area (Å²) in [7, 11) is 0. The topological polar surface area (TPSA) is 71.4 Å². The van der Waals surface area contributed by atoms with Crippen LogP contribution < -0.4 is 10.2 Å². The second kappa shape index (κ2) is 7.92. The molecule has 0 unspecified atom stereocenters. The molecule has 162 valence electrons. The van der Waals surface area contributed by atoms with Crippen LogP contribution in [0.2, 0.25) is 0 Å². The fourth-order valence-corrected chi connectivity index (χ4v) is 3.85. The number of aryl methyl sites for hydroxylation is 3. The van der Waals surface area contributed by atoms with E-state index >= 15 is 0 Å². The molecule has 1 saturated heterocycles. The van der Waals surface area contributed by atoms with Gasteiger partial charge in [0.25, 0.3) is 11.8 Å². The minimum absolute atomic E-state index is 0.170. The quantitative estimate of drug-likeness (QED) is 0.490. The molecule has 0 spiro atoms. The van der Waals surface area contributed by atoms with Crippen LogP contribution in [-0.4, -0.2) is 22.4 Å². The Morgan fingerprint density at radius 1 is 0.906 bits per heavy atom. The molecule has 1 aliphatic rings. The van der Waals surface area contributed by atoms with Crippen LogP contribution >= 0.6 is 0 Å². The van der Waals surface area contributed by atoms with E-state index in [-0.39, 0.29) is 11.4 Å². The van der Waals surface area contributed by atoms with Gasteiger partial charge in [0, 0.05) is 11.4 Å². The van der Waals surface area contributed by atoms with Gasteiger partial charge in [0.2, 0.25) is 0 Å². The molecule has 4 amide bonds. The van der Waals surface area contributed by atoms with Crippen LogP contribution in [-0.2, 0) is 9.59 Å². The van der Waals surface area contributed by atoms with Crippen LogP contribution in [0.1, 0.15) is 28.1 Å². The Bertz CT molecular complexity index is 1320. The van der Waals surface area contributed by atoms with Crippen molar-refractivity contribution in [2.24, 2.45) is 0 Å². The van der Waals surface area contributed by atoms with Gasteiger partial charge in [-0.3, -0.25) is 14.9 Å². The van der Waals surface area contributed by atoms with E-state index in [1.807, 2.05) is 26.8 Å². The van der Waals surface area contributed by atoms with Gasteiger partial charge >= 0.3 is 6.03 Å². The number of halogens is 1. The van der Waals surface area contributed by atoms with Crippen molar-refractivity contribution in [3.05, 3.63) is 88.0 Å². The number of nitrogens with one attached hydrogen (secondary N) is 1. The Balaban J connectivity index is 1.78. The Labute approximate surface area is 185 Å². The third-order valence-corrected chi connectivity index (χ3v) is 5.71. The lowest BCUT2D eigenvalue weighted by molar-refractivity contribution is -0.122. The van der Waals surface area contributed by atoms with Crippen molar-refractivity contribution in [2.45, 2.75) is 27.7 Å². The number of benzene rings is 2. The molecule has 32 heavy (non-hydrogen) atoms. The Morgan fingerprint density at radius 3 is 2.31 bits per heavy atom. The second-order valence-corrected chi connectivity index (χ2v) is 7.84. The van der Waals surface area contributed by atoms with Crippen molar-refractivity contribution in [1.29, 1.82) is 0 Å². The molecule has 0 radical (unpaired) electrons. The number of anilines is 1. The first-order valence-corrected chi connectivity index (χ1v) is 10.1. The van der Waals surface area contributed by atoms with E-state index in [1.165, 1.54) is 12.1 Å². The molecule has 2 aromatic carbocycles. The van der Waals surface area contributed by atoms with Crippen LogP contribution in [0.5, 0.6) is 0 Å². The predicted molar refractivity (Wildman–Crippen MR) is 120 cm³/mol. The molecule has 7 heteroatoms. The smallest absolute Gasteiger partial charge is 0.315 e. The molecular formula is C25H22FN3O3. The maximum absolute atomic E-state index is 14.4. The van der Waals surface area contributed by atoms with Crippen molar-refractivity contribution < 1.29 is 18.8 Å². The highest BCUT2D eigenvalue weighted by Crippen LogP contribution is 2.27. The summed E-state index contributed by atoms with van der Waals surface area (Å²) in [5.41, 5.74) is 4.50. The summed E-state index contributed by atoms with van der Waals surface area (Å²) in [6.45, 7) is 7.40. The molecule has 0 saturated carbocycles. The number of imide groups is 2. The van der Waals surface area contributed by atoms with Crippen LogP contribution in [0.3, 0.4) is 0 Å². The fourth-order valence-electron chi connectivity index (χ4n) is 3.85. The van der Waals surface area contributed by atoms with Crippen molar-refractivity contribution in [3.63, 3.8) is 0 Å². The van der Waals surface area contributed by atoms with Crippen LogP contribution in [0.25, 0.3) is 11.8 Å². The zero-order chi connectivity index (χ0) is 23.2. The first-order chi connectivity index (χ1) is 15.2. The lowest BCUT2D eigenvalue weighted by atomic mass is 10.1. The van der Waals surface area contributed by atoms with E-state index in [0.717, 1.165) is 21.7 Å². The molecule has 4 rings (SSSR count). The minimum atomic E-state index is -0.794. The predicted octanol–water partition coefficient (Wildman–Crippen LogP) is 4.52. The summed E-state index contributed by atoms with van der Waals surface area (Å²) in [5.74, 6) is -1.86. The van der Waals surface area contributed by atoms with Gasteiger partial charge in [-0.1, -0.05) is 18.2 Å². The Morgan fingerprint density at radius 2 is 1.62 bits per heavy atom. The van der Waals surface area contributed by atoms with Gasteiger partial charge in [0.1, 0.15) is 11.4 Å². The van der Waals surface area contributed by atoms with Crippen molar-refractivity contribution in [2.75, 3.05) is 4.90 Å². The lowest BCUT2D eigenvalue weighted by Gasteiger charge is -2.26. The number of urea groups is 1. The number of aromatic nitrogens is 1. The molecule has 0 atom stereocenters. The molecule has 1 fully saturated rings. The van der Waals surface area contributed by atoms with Gasteiger partial charge in [-0.2, -0.15) is 0 Å². The molecule has 2 heterocycles. The van der Waals surface area contributed by atoms with E-state index in [4.69, 9.17) is 0 Å². The number of carbonyl (C=O) groups is 3. The van der Waals surface area contributed by atoms with Crippen LogP contribution in [0.15, 0.2) is 54.1 Å². The van der Waals surface area contributed by atoms with E-state index in [0.29, 0.717) is 22.6 Å². The first-order valence-electron chi connectivity index (χ1n) is 10.1. The monoisotopic (exact) mass is 431 g/mol. The lowest BCUT2D eigenvalue weighted by Crippen LogP contribution is -2.54. The zero-order valence-corrected chi connectivity index (χ0v) is 18.2. The molecule has 1 aromatic heterocycles. The molecule has 6 nitrogen and oxygen atoms in total. The number of nitrogens with zero attached hydrogens (tertiary/aromatic N) is 2. The third-order valence-electron chi connectivity index (χ3n) is 5.71. The number of para-hydroxylation sites is 1. The van der Waals surface area contributed by atoms with Gasteiger partial charge in [0.05, 0.1) is 11.4 Å². The Hall–Kier alpha value is -4.00. The number of barbiturate groups is 1. The van der Waals surface area contributed by atoms with Crippen LogP contribution in [0.4, 0.5) is 14.9 Å². The van der Waals surface area contributed by atoms with Gasteiger partial charge < -0.3 is 4.57 Å². The fraction of sp³-hybridized carbons (Fsp3) is 0.160. The van der Waals surface area contributed by atoms with E-state index in [1.54, 1.807) is 47.9 Å². The highest BCUT2D eigenvalue weighted by atomic mass is 19.1. The summed E-state index contributed by atoms with van der Waals surface area (Å²) in [5, 5.41) is 2.24. The summed E-state index contributed by atoms with van der Waals surface area (Å²) >= 11 is 0. The minimum Gasteiger partial charge on any atom is -0.315 e. The standard InChI is InChI=1S/C25H22FN3O3/c1-14-9-10-19(11-15(14)2)29-24(31)20(23(30)27-25(29)32)13-18-12-16(3)28(17(18)4)22-8-6-5-7-21(22)26/h5-13H,1-4H3,(H,27,30,32)/b20-13+. The summed E-state index contributed by atoms with van der Waals surface area (Å²) in [4.78, 5) is 39.1. The van der Waals surface area contributed by atoms with Crippen molar-refractivity contribution in [3.8, 4) is 5.69 Å². The normalized spacial score (nSPS) is 15.5. The molecule has 1 N–H and O–H groups in total. The maximum Gasteiger partial charge on any atom is 0.335 e.